The predicted molar refractivity (Wildman–Crippen MR) is 95.8 cm³/mol. The van der Waals surface area contributed by atoms with Gasteiger partial charge in [0, 0.05) is 15.1 Å². The summed E-state index contributed by atoms with van der Waals surface area (Å²) >= 11 is 7.38. The Hall–Kier alpha value is -2.50. The smallest absolute Gasteiger partial charge is 0.266 e. The zero-order chi connectivity index (χ0) is 15.8. The molecule has 0 aliphatic rings. The maximum Gasteiger partial charge on any atom is 0.291 e. The second-order valence-corrected chi connectivity index (χ2v) is 6.46. The molecule has 0 radical (unpaired) electrons. The molecule has 4 aromatic rings. The molecule has 4 rings (SSSR count). The number of fused-ring (bicyclic) bond motifs is 3. The maximum atomic E-state index is 12.6. The molecule has 0 spiro atoms. The number of hydrogen-bond donors (Lipinski definition) is 0. The van der Waals surface area contributed by atoms with Crippen LogP contribution < -0.4 is 5.56 Å². The number of benzene rings is 2. The lowest BCUT2D eigenvalue weighted by Crippen LogP contribution is -2.15. The van der Waals surface area contributed by atoms with Gasteiger partial charge in [0.2, 0.25) is 0 Å². The molecule has 0 amide bonds. The molecule has 2 aromatic heterocycles. The lowest BCUT2D eigenvalue weighted by Gasteiger charge is -1.98. The Balaban J connectivity index is 1.83. The normalized spacial score (nSPS) is 11.7. The molecule has 23 heavy (non-hydrogen) atoms. The summed E-state index contributed by atoms with van der Waals surface area (Å²) in [6.45, 7) is 0. The van der Waals surface area contributed by atoms with Gasteiger partial charge in [-0.2, -0.15) is 9.78 Å². The van der Waals surface area contributed by atoms with Gasteiger partial charge in [-0.05, 0) is 23.8 Å². The lowest BCUT2D eigenvalue weighted by molar-refractivity contribution is 0.819. The highest BCUT2D eigenvalue weighted by atomic mass is 35.5. The number of halogens is 1. The van der Waals surface area contributed by atoms with Gasteiger partial charge in [-0.1, -0.05) is 41.9 Å². The Morgan fingerprint density at radius 1 is 1.17 bits per heavy atom. The van der Waals surface area contributed by atoms with Crippen molar-refractivity contribution in [2.75, 3.05) is 0 Å². The van der Waals surface area contributed by atoms with Crippen LogP contribution in [0, 0.1) is 0 Å². The van der Waals surface area contributed by atoms with E-state index in [1.165, 1.54) is 22.3 Å². The Morgan fingerprint density at radius 2 is 2.04 bits per heavy atom. The second-order valence-electron chi connectivity index (χ2n) is 4.97. The quantitative estimate of drug-likeness (QED) is 0.515. The Bertz CT molecular complexity index is 1110. The summed E-state index contributed by atoms with van der Waals surface area (Å²) in [7, 11) is 0. The number of rotatable bonds is 2. The number of hydrogen-bond acceptors (Lipinski definition) is 4. The molecule has 0 aliphatic carbocycles. The van der Waals surface area contributed by atoms with Crippen molar-refractivity contribution in [1.82, 2.24) is 9.66 Å². The van der Waals surface area contributed by atoms with Crippen molar-refractivity contribution >= 4 is 49.5 Å². The standard InChI is InChI=1S/C17H10ClN3OS/c18-12-5-3-4-11(8-12)9-20-21-10-19-15-13-6-1-2-7-14(13)23-16(15)17(21)22/h1-10H. The summed E-state index contributed by atoms with van der Waals surface area (Å²) in [4.78, 5) is 17.0. The fraction of sp³-hybridized carbons (Fsp3) is 0. The van der Waals surface area contributed by atoms with E-state index in [0.717, 1.165) is 21.2 Å². The van der Waals surface area contributed by atoms with Crippen molar-refractivity contribution in [2.45, 2.75) is 0 Å². The molecule has 0 unspecified atom stereocenters. The van der Waals surface area contributed by atoms with Crippen LogP contribution in [0.2, 0.25) is 5.02 Å². The van der Waals surface area contributed by atoms with Gasteiger partial charge in [0.25, 0.3) is 5.56 Å². The predicted octanol–water partition coefficient (Wildman–Crippen LogP) is 4.15. The molecule has 0 fully saturated rings. The maximum absolute atomic E-state index is 12.6. The van der Waals surface area contributed by atoms with Gasteiger partial charge >= 0.3 is 0 Å². The molecule has 0 saturated carbocycles. The molecule has 2 heterocycles. The first-order valence-corrected chi connectivity index (χ1v) is 8.11. The highest BCUT2D eigenvalue weighted by Gasteiger charge is 2.10. The highest BCUT2D eigenvalue weighted by Crippen LogP contribution is 2.29. The van der Waals surface area contributed by atoms with E-state index in [-0.39, 0.29) is 5.56 Å². The summed E-state index contributed by atoms with van der Waals surface area (Å²) in [6.07, 6.45) is 3.04. The van der Waals surface area contributed by atoms with Gasteiger partial charge in [0.1, 0.15) is 11.0 Å². The third-order valence-corrected chi connectivity index (χ3v) is 4.83. The summed E-state index contributed by atoms with van der Waals surface area (Å²) in [6, 6.07) is 15.1. The van der Waals surface area contributed by atoms with Gasteiger partial charge in [-0.3, -0.25) is 4.79 Å². The van der Waals surface area contributed by atoms with Crippen molar-refractivity contribution in [1.29, 1.82) is 0 Å². The Morgan fingerprint density at radius 3 is 2.91 bits per heavy atom. The first-order valence-electron chi connectivity index (χ1n) is 6.91. The number of aromatic nitrogens is 2. The van der Waals surface area contributed by atoms with E-state index in [1.54, 1.807) is 18.3 Å². The van der Waals surface area contributed by atoms with Gasteiger partial charge < -0.3 is 0 Å². The molecule has 0 atom stereocenters. The molecule has 112 valence electrons. The number of nitrogens with zero attached hydrogens (tertiary/aromatic N) is 3. The second kappa shape index (κ2) is 5.61. The minimum atomic E-state index is -0.172. The molecule has 0 saturated heterocycles. The Kier molecular flexibility index (Phi) is 3.44. The zero-order valence-electron chi connectivity index (χ0n) is 11.8. The van der Waals surface area contributed by atoms with Crippen molar-refractivity contribution in [3.05, 3.63) is 75.8 Å². The summed E-state index contributed by atoms with van der Waals surface area (Å²) in [5, 5.41) is 5.82. The molecular formula is C17H10ClN3OS. The molecule has 2 aromatic carbocycles. The van der Waals surface area contributed by atoms with E-state index < -0.39 is 0 Å². The minimum Gasteiger partial charge on any atom is -0.266 e. The van der Waals surface area contributed by atoms with Crippen LogP contribution in [0.5, 0.6) is 0 Å². The van der Waals surface area contributed by atoms with Crippen LogP contribution in [0.1, 0.15) is 5.56 Å². The van der Waals surface area contributed by atoms with Crippen molar-refractivity contribution in [3.63, 3.8) is 0 Å². The first kappa shape index (κ1) is 14.1. The summed E-state index contributed by atoms with van der Waals surface area (Å²) in [5.41, 5.74) is 1.38. The third kappa shape index (κ3) is 2.54. The first-order chi connectivity index (χ1) is 11.2. The average Bonchev–Trinajstić information content (AvgIpc) is 2.94. The van der Waals surface area contributed by atoms with Crippen LogP contribution in [0.4, 0.5) is 0 Å². The van der Waals surface area contributed by atoms with Crippen LogP contribution in [0.15, 0.2) is 64.8 Å². The van der Waals surface area contributed by atoms with Crippen molar-refractivity contribution in [2.24, 2.45) is 5.10 Å². The van der Waals surface area contributed by atoms with E-state index in [4.69, 9.17) is 11.6 Å². The molecule has 6 heteroatoms. The fourth-order valence-corrected chi connectivity index (χ4v) is 3.65. The van der Waals surface area contributed by atoms with E-state index in [0.29, 0.717) is 9.72 Å². The van der Waals surface area contributed by atoms with Gasteiger partial charge in [0.05, 0.1) is 11.7 Å². The Labute approximate surface area is 140 Å². The summed E-state index contributed by atoms with van der Waals surface area (Å²) < 4.78 is 2.90. The van der Waals surface area contributed by atoms with E-state index in [9.17, 15) is 4.79 Å². The largest absolute Gasteiger partial charge is 0.291 e. The van der Waals surface area contributed by atoms with Crippen LogP contribution in [-0.2, 0) is 0 Å². The molecule has 0 N–H and O–H groups in total. The van der Waals surface area contributed by atoms with Crippen LogP contribution >= 0.6 is 22.9 Å². The van der Waals surface area contributed by atoms with Gasteiger partial charge in [0.15, 0.2) is 0 Å². The molecule has 0 bridgehead atoms. The minimum absolute atomic E-state index is 0.172. The van der Waals surface area contributed by atoms with E-state index in [1.807, 2.05) is 36.4 Å². The average molecular weight is 340 g/mol. The van der Waals surface area contributed by atoms with Crippen LogP contribution in [-0.4, -0.2) is 15.9 Å². The third-order valence-electron chi connectivity index (χ3n) is 3.45. The van der Waals surface area contributed by atoms with Gasteiger partial charge in [-0.15, -0.1) is 11.3 Å². The highest BCUT2D eigenvalue weighted by molar-refractivity contribution is 7.25. The summed E-state index contributed by atoms with van der Waals surface area (Å²) in [5.74, 6) is 0. The zero-order valence-corrected chi connectivity index (χ0v) is 13.4. The molecule has 4 nitrogen and oxygen atoms in total. The van der Waals surface area contributed by atoms with E-state index in [2.05, 4.69) is 10.1 Å². The van der Waals surface area contributed by atoms with Crippen LogP contribution in [0.25, 0.3) is 20.3 Å². The SMILES string of the molecule is O=c1c2sc3ccccc3c2ncn1N=Cc1cccc(Cl)c1. The lowest BCUT2D eigenvalue weighted by atomic mass is 10.2. The van der Waals surface area contributed by atoms with E-state index >= 15 is 0 Å². The van der Waals surface area contributed by atoms with Gasteiger partial charge in [-0.25, -0.2) is 4.98 Å². The van der Waals surface area contributed by atoms with Crippen molar-refractivity contribution in [3.8, 4) is 0 Å². The topological polar surface area (TPSA) is 47.2 Å². The monoisotopic (exact) mass is 339 g/mol. The molecule has 0 aliphatic heterocycles. The molecular weight excluding hydrogens is 330 g/mol. The van der Waals surface area contributed by atoms with Crippen molar-refractivity contribution < 1.29 is 0 Å². The fourth-order valence-electron chi connectivity index (χ4n) is 2.37. The van der Waals surface area contributed by atoms with Crippen LogP contribution in [0.3, 0.4) is 0 Å². The number of thiophene rings is 1.